The van der Waals surface area contributed by atoms with Gasteiger partial charge in [-0.15, -0.1) is 0 Å². The average molecular weight is 573 g/mol. The van der Waals surface area contributed by atoms with Crippen molar-refractivity contribution in [3.05, 3.63) is 103 Å². The number of amides is 2. The molecule has 2 amide bonds. The molecule has 1 atom stereocenters. The maximum atomic E-state index is 13.5. The van der Waals surface area contributed by atoms with Gasteiger partial charge in [-0.05, 0) is 66.6 Å². The molecule has 1 fully saturated rings. The maximum Gasteiger partial charge on any atom is 0.269 e. The molecule has 1 aliphatic heterocycles. The first kappa shape index (κ1) is 24.4. The molecule has 1 aliphatic rings. The molecule has 1 saturated heterocycles. The molecule has 1 N–H and O–H groups in total. The van der Waals surface area contributed by atoms with Crippen LogP contribution in [0, 0.1) is 11.3 Å². The summed E-state index contributed by atoms with van der Waals surface area (Å²) in [7, 11) is 0. The molecular weight excluding hydrogens is 557 g/mol. The van der Waals surface area contributed by atoms with Crippen LogP contribution in [0.1, 0.15) is 5.56 Å². The van der Waals surface area contributed by atoms with Gasteiger partial charge in [0.05, 0.1) is 5.25 Å². The summed E-state index contributed by atoms with van der Waals surface area (Å²) < 4.78 is 0.839. The van der Waals surface area contributed by atoms with Gasteiger partial charge in [-0.3, -0.25) is 14.5 Å². The van der Waals surface area contributed by atoms with Crippen LogP contribution in [0.4, 0.5) is 11.4 Å². The van der Waals surface area contributed by atoms with Gasteiger partial charge in [0.15, 0.2) is 0 Å². The predicted molar refractivity (Wildman–Crippen MR) is 141 cm³/mol. The van der Waals surface area contributed by atoms with Crippen LogP contribution in [0.25, 0.3) is 0 Å². The Labute approximate surface area is 219 Å². The smallest absolute Gasteiger partial charge is 0.269 e. The number of carbonyl (C=O) groups excluding carboxylic acids is 2. The zero-order valence-corrected chi connectivity index (χ0v) is 21.4. The molecule has 3 aromatic rings. The van der Waals surface area contributed by atoms with Gasteiger partial charge in [0, 0.05) is 25.9 Å². The van der Waals surface area contributed by atoms with Crippen molar-refractivity contribution in [3.63, 3.8) is 0 Å². The van der Waals surface area contributed by atoms with Gasteiger partial charge in [-0.25, -0.2) is 0 Å². The first-order valence-electron chi connectivity index (χ1n) is 10.1. The number of halogens is 3. The third-order valence-electron chi connectivity index (χ3n) is 5.04. The lowest BCUT2D eigenvalue weighted by Crippen LogP contribution is -2.31. The van der Waals surface area contributed by atoms with Crippen LogP contribution in [0.3, 0.4) is 0 Å². The number of para-hydroxylation sites is 1. The number of anilines is 2. The topological polar surface area (TPSA) is 73.2 Å². The summed E-state index contributed by atoms with van der Waals surface area (Å²) in [5.41, 5.74) is 1.66. The highest BCUT2D eigenvalue weighted by atomic mass is 79.9. The van der Waals surface area contributed by atoms with Crippen molar-refractivity contribution in [1.82, 2.24) is 0 Å². The maximum absolute atomic E-state index is 13.5. The molecule has 0 saturated carbocycles. The fourth-order valence-corrected chi connectivity index (χ4v) is 5.38. The first-order chi connectivity index (χ1) is 16.4. The third-order valence-corrected chi connectivity index (χ3v) is 7.43. The second-order valence-electron chi connectivity index (χ2n) is 7.31. The minimum absolute atomic E-state index is 0.148. The molecule has 0 aromatic heterocycles. The molecule has 4 rings (SSSR count). The Kier molecular flexibility index (Phi) is 7.64. The zero-order chi connectivity index (χ0) is 24.2. The van der Waals surface area contributed by atoms with Crippen LogP contribution in [0.15, 0.2) is 87.9 Å². The van der Waals surface area contributed by atoms with Gasteiger partial charge in [0.2, 0.25) is 5.91 Å². The Balaban J connectivity index is 1.74. The highest BCUT2D eigenvalue weighted by Gasteiger charge is 2.41. The highest BCUT2D eigenvalue weighted by molar-refractivity contribution is 9.10. The fraction of sp³-hybridized carbons (Fsp3) is 0.0800. The van der Waals surface area contributed by atoms with Gasteiger partial charge >= 0.3 is 0 Å². The molecule has 0 bridgehead atoms. The first-order valence-corrected chi connectivity index (χ1v) is 12.5. The molecule has 0 spiro atoms. The Morgan fingerprint density at radius 1 is 1.09 bits per heavy atom. The zero-order valence-electron chi connectivity index (χ0n) is 17.5. The van der Waals surface area contributed by atoms with Crippen LogP contribution in [-0.2, 0) is 16.0 Å². The van der Waals surface area contributed by atoms with Crippen LogP contribution < -0.4 is 10.2 Å². The van der Waals surface area contributed by atoms with Crippen molar-refractivity contribution in [2.45, 2.75) is 11.7 Å². The van der Waals surface area contributed by atoms with Crippen molar-refractivity contribution < 1.29 is 9.59 Å². The summed E-state index contributed by atoms with van der Waals surface area (Å²) in [5.74, 6) is -0.842. The highest BCUT2D eigenvalue weighted by Crippen LogP contribution is 2.43. The van der Waals surface area contributed by atoms with E-state index in [2.05, 4.69) is 21.2 Å². The molecule has 170 valence electrons. The Hall–Kier alpha value is -2.76. The average Bonchev–Trinajstić information content (AvgIpc) is 3.13. The minimum Gasteiger partial charge on any atom is -0.321 e. The number of hydrogen-bond donors (Lipinski definition) is 1. The molecule has 1 heterocycles. The van der Waals surface area contributed by atoms with E-state index in [1.165, 1.54) is 16.7 Å². The van der Waals surface area contributed by atoms with Crippen molar-refractivity contribution in [2.24, 2.45) is 0 Å². The quantitative estimate of drug-likeness (QED) is 0.269. The number of thioether (sulfide) groups is 1. The van der Waals surface area contributed by atoms with Crippen molar-refractivity contribution >= 4 is 74.1 Å². The van der Waals surface area contributed by atoms with Gasteiger partial charge < -0.3 is 5.32 Å². The van der Waals surface area contributed by atoms with E-state index in [-0.39, 0.29) is 16.5 Å². The molecule has 34 heavy (non-hydrogen) atoms. The van der Waals surface area contributed by atoms with Crippen LogP contribution >= 0.6 is 50.9 Å². The second kappa shape index (κ2) is 10.7. The molecule has 0 unspecified atom stereocenters. The largest absolute Gasteiger partial charge is 0.321 e. The fourth-order valence-electron chi connectivity index (χ4n) is 3.43. The lowest BCUT2D eigenvalue weighted by Gasteiger charge is -2.19. The van der Waals surface area contributed by atoms with Gasteiger partial charge in [0.1, 0.15) is 16.7 Å². The number of nitrogens with one attached hydrogen (secondary N) is 1. The molecule has 5 nitrogen and oxygen atoms in total. The lowest BCUT2D eigenvalue weighted by molar-refractivity contribution is -0.117. The monoisotopic (exact) mass is 571 g/mol. The number of hydrogen-bond acceptors (Lipinski definition) is 4. The van der Waals surface area contributed by atoms with Gasteiger partial charge in [-0.1, -0.05) is 69.1 Å². The summed E-state index contributed by atoms with van der Waals surface area (Å²) in [4.78, 5) is 28.0. The van der Waals surface area contributed by atoms with Gasteiger partial charge in [0.25, 0.3) is 5.91 Å². The number of benzene rings is 3. The Morgan fingerprint density at radius 2 is 1.79 bits per heavy atom. The molecular formula is C25H16BrCl2N3O2S. The van der Waals surface area contributed by atoms with Crippen LogP contribution in [-0.4, -0.2) is 17.1 Å². The van der Waals surface area contributed by atoms with E-state index in [1.54, 1.807) is 66.7 Å². The molecule has 3 aromatic carbocycles. The summed E-state index contributed by atoms with van der Waals surface area (Å²) in [6.45, 7) is 0. The molecule has 0 radical (unpaired) electrons. The van der Waals surface area contributed by atoms with Crippen LogP contribution in [0.2, 0.25) is 10.0 Å². The lowest BCUT2D eigenvalue weighted by atomic mass is 10.1. The summed E-state index contributed by atoms with van der Waals surface area (Å²) >= 11 is 17.0. The van der Waals surface area contributed by atoms with E-state index < -0.39 is 11.2 Å². The molecule has 9 heteroatoms. The molecule has 0 aliphatic carbocycles. The normalized spacial score (nSPS) is 16.8. The summed E-state index contributed by atoms with van der Waals surface area (Å²) in [5, 5.41) is 13.3. The Morgan fingerprint density at radius 3 is 2.47 bits per heavy atom. The van der Waals surface area contributed by atoms with Gasteiger partial charge in [-0.2, -0.15) is 5.26 Å². The second-order valence-corrected chi connectivity index (χ2v) is 10.3. The van der Waals surface area contributed by atoms with Crippen molar-refractivity contribution in [1.29, 1.82) is 5.26 Å². The van der Waals surface area contributed by atoms with Crippen LogP contribution in [0.5, 0.6) is 0 Å². The van der Waals surface area contributed by atoms with E-state index in [0.717, 1.165) is 4.47 Å². The van der Waals surface area contributed by atoms with E-state index in [9.17, 15) is 14.9 Å². The SMILES string of the molecule is N#C/C(C(=O)Nc1ccccc1)=C1/S[C@@H](Cc2cc(Cl)ccc2Cl)C(=O)N1c1ccc(Br)cc1. The predicted octanol–water partition coefficient (Wildman–Crippen LogP) is 6.82. The minimum atomic E-state index is -0.595. The summed E-state index contributed by atoms with van der Waals surface area (Å²) in [6, 6.07) is 23.0. The van der Waals surface area contributed by atoms with E-state index >= 15 is 0 Å². The number of rotatable bonds is 5. The Bertz CT molecular complexity index is 1320. The van der Waals surface area contributed by atoms with Crippen molar-refractivity contribution in [2.75, 3.05) is 10.2 Å². The van der Waals surface area contributed by atoms with E-state index in [4.69, 9.17) is 23.2 Å². The number of carbonyl (C=O) groups is 2. The number of nitriles is 1. The standard InChI is InChI=1S/C25H16BrCl2N3O2S/c26-16-6-9-19(10-7-16)31-24(33)22(13-15-12-17(27)8-11-21(15)28)34-25(31)20(14-29)23(32)30-18-4-2-1-3-5-18/h1-12,22H,13H2,(H,30,32)/b25-20-/t22-/m0/s1. The summed E-state index contributed by atoms with van der Waals surface area (Å²) in [6.07, 6.45) is 0.290. The number of nitrogens with zero attached hydrogens (tertiary/aromatic N) is 2. The van der Waals surface area contributed by atoms with E-state index in [1.807, 2.05) is 12.1 Å². The van der Waals surface area contributed by atoms with Crippen molar-refractivity contribution in [3.8, 4) is 6.07 Å². The van der Waals surface area contributed by atoms with E-state index in [0.29, 0.717) is 33.4 Å². The third kappa shape index (κ3) is 5.31.